The van der Waals surface area contributed by atoms with E-state index in [9.17, 15) is 9.59 Å². The van der Waals surface area contributed by atoms with Gasteiger partial charge in [0.15, 0.2) is 5.65 Å². The number of aromatic nitrogens is 4. The topological polar surface area (TPSA) is 84.5 Å². The van der Waals surface area contributed by atoms with Gasteiger partial charge < -0.3 is 14.8 Å². The van der Waals surface area contributed by atoms with Crippen molar-refractivity contribution in [2.45, 2.75) is 19.9 Å². The van der Waals surface area contributed by atoms with Crippen LogP contribution in [0, 0.1) is 0 Å². The Labute approximate surface area is 190 Å². The average Bonchev–Trinajstić information content (AvgIpc) is 3.41. The molecule has 0 aliphatic heterocycles. The average molecular weight is 451 g/mol. The summed E-state index contributed by atoms with van der Waals surface area (Å²) in [7, 11) is 4.05. The van der Waals surface area contributed by atoms with Gasteiger partial charge in [-0.2, -0.15) is 5.10 Å². The Bertz CT molecular complexity index is 1300. The minimum absolute atomic E-state index is 0.0290. The third-order valence-corrected chi connectivity index (χ3v) is 6.09. The Morgan fingerprint density at radius 1 is 1.19 bits per heavy atom. The second-order valence-corrected chi connectivity index (χ2v) is 8.74. The minimum atomic E-state index is -0.0769. The van der Waals surface area contributed by atoms with Crippen molar-refractivity contribution in [2.24, 2.45) is 0 Å². The summed E-state index contributed by atoms with van der Waals surface area (Å²) in [6, 6.07) is 5.43. The lowest BCUT2D eigenvalue weighted by molar-refractivity contribution is 0.0960. The van der Waals surface area contributed by atoms with Crippen molar-refractivity contribution < 1.29 is 4.79 Å². The van der Waals surface area contributed by atoms with E-state index >= 15 is 0 Å². The third kappa shape index (κ3) is 4.63. The van der Waals surface area contributed by atoms with Crippen molar-refractivity contribution in [1.29, 1.82) is 0 Å². The number of carbonyl (C=O) groups is 1. The number of fused-ring (bicyclic) bond motifs is 1. The maximum atomic E-state index is 12.5. The van der Waals surface area contributed by atoms with Crippen LogP contribution in [0.5, 0.6) is 0 Å². The summed E-state index contributed by atoms with van der Waals surface area (Å²) in [5, 5.41) is 9.19. The van der Waals surface area contributed by atoms with Gasteiger partial charge in [-0.05, 0) is 62.6 Å². The predicted molar refractivity (Wildman–Crippen MR) is 127 cm³/mol. The first-order valence-electron chi connectivity index (χ1n) is 10.5. The van der Waals surface area contributed by atoms with Crippen LogP contribution in [0.2, 0.25) is 0 Å². The Hall–Kier alpha value is -3.30. The summed E-state index contributed by atoms with van der Waals surface area (Å²) < 4.78 is 3.44. The van der Waals surface area contributed by atoms with Gasteiger partial charge in [-0.25, -0.2) is 9.50 Å². The Morgan fingerprint density at radius 2 is 2.03 bits per heavy atom. The largest absolute Gasteiger partial charge is 0.352 e. The first-order chi connectivity index (χ1) is 15.5. The van der Waals surface area contributed by atoms with Gasteiger partial charge in [-0.1, -0.05) is 0 Å². The minimum Gasteiger partial charge on any atom is -0.352 e. The zero-order valence-corrected chi connectivity index (χ0v) is 19.2. The number of pyridine rings is 1. The second kappa shape index (κ2) is 9.46. The van der Waals surface area contributed by atoms with Crippen LogP contribution in [0.3, 0.4) is 0 Å². The lowest BCUT2D eigenvalue weighted by Gasteiger charge is -2.11. The number of carbonyl (C=O) groups excluding carboxylic acids is 1. The maximum Gasteiger partial charge on any atom is 0.261 e. The van der Waals surface area contributed by atoms with Crippen LogP contribution < -0.4 is 10.9 Å². The summed E-state index contributed by atoms with van der Waals surface area (Å²) in [5.41, 5.74) is 4.06. The number of hydrogen-bond donors (Lipinski definition) is 1. The van der Waals surface area contributed by atoms with E-state index in [4.69, 9.17) is 0 Å². The van der Waals surface area contributed by atoms with Gasteiger partial charge in [0.05, 0.1) is 11.1 Å². The smallest absolute Gasteiger partial charge is 0.261 e. The monoisotopic (exact) mass is 450 g/mol. The fraction of sp³-hybridized carbons (Fsp3) is 0.304. The molecule has 1 amide bonds. The number of thiophene rings is 1. The maximum absolute atomic E-state index is 12.5. The number of rotatable bonds is 8. The molecule has 0 spiro atoms. The van der Waals surface area contributed by atoms with Crippen molar-refractivity contribution in [1.82, 2.24) is 29.4 Å². The number of hydrogen-bond acceptors (Lipinski definition) is 6. The van der Waals surface area contributed by atoms with Crippen molar-refractivity contribution >= 4 is 22.9 Å². The van der Waals surface area contributed by atoms with E-state index < -0.39 is 0 Å². The molecule has 0 radical (unpaired) electrons. The molecule has 166 valence electrons. The standard InChI is InChI=1S/C23H26N6O2S/c1-4-24-23(31)20-10-17(15-32-20)19-13-26-29-14-18(12-25-22(19)29)16-6-9-28(21(30)11-16)8-5-7-27(2)3/h6,9-15H,4-5,7-8H2,1-3H3,(H,24,31). The van der Waals surface area contributed by atoms with Gasteiger partial charge in [-0.3, -0.25) is 9.59 Å². The molecule has 0 aliphatic carbocycles. The number of nitrogens with zero attached hydrogens (tertiary/aromatic N) is 5. The second-order valence-electron chi connectivity index (χ2n) is 7.83. The molecule has 4 rings (SSSR count). The molecule has 0 unspecified atom stereocenters. The third-order valence-electron chi connectivity index (χ3n) is 5.16. The van der Waals surface area contributed by atoms with Crippen LogP contribution >= 0.6 is 11.3 Å². The van der Waals surface area contributed by atoms with Crippen LogP contribution in [0.1, 0.15) is 23.0 Å². The van der Waals surface area contributed by atoms with Crippen LogP contribution in [-0.4, -0.2) is 57.2 Å². The van der Waals surface area contributed by atoms with E-state index in [0.717, 1.165) is 35.2 Å². The molecule has 9 heteroatoms. The number of aryl methyl sites for hydroxylation is 1. The number of nitrogens with one attached hydrogen (secondary N) is 1. The normalized spacial score (nSPS) is 11.4. The molecular formula is C23H26N6O2S. The number of amides is 1. The summed E-state index contributed by atoms with van der Waals surface area (Å²) >= 11 is 1.40. The molecule has 4 aromatic heterocycles. The van der Waals surface area contributed by atoms with Gasteiger partial charge in [0.2, 0.25) is 0 Å². The zero-order valence-electron chi connectivity index (χ0n) is 18.4. The fourth-order valence-electron chi connectivity index (χ4n) is 3.50. The highest BCUT2D eigenvalue weighted by molar-refractivity contribution is 7.12. The molecule has 8 nitrogen and oxygen atoms in total. The highest BCUT2D eigenvalue weighted by atomic mass is 32.1. The van der Waals surface area contributed by atoms with E-state index in [1.165, 1.54) is 11.3 Å². The molecule has 0 saturated heterocycles. The molecule has 32 heavy (non-hydrogen) atoms. The van der Waals surface area contributed by atoms with E-state index in [2.05, 4.69) is 20.3 Å². The van der Waals surface area contributed by atoms with Gasteiger partial charge in [0.1, 0.15) is 0 Å². The summed E-state index contributed by atoms with van der Waals surface area (Å²) in [4.78, 5) is 31.9. The van der Waals surface area contributed by atoms with Crippen molar-refractivity contribution in [3.8, 4) is 22.3 Å². The fourth-order valence-corrected chi connectivity index (χ4v) is 4.32. The first-order valence-corrected chi connectivity index (χ1v) is 11.4. The Balaban J connectivity index is 1.57. The SMILES string of the molecule is CCNC(=O)c1cc(-c2cnn3cc(-c4ccn(CCCN(C)C)c(=O)c4)cnc23)cs1. The molecule has 0 fully saturated rings. The van der Waals surface area contributed by atoms with Gasteiger partial charge in [-0.15, -0.1) is 11.3 Å². The Kier molecular flexibility index (Phi) is 6.48. The summed E-state index contributed by atoms with van der Waals surface area (Å²) in [5.74, 6) is -0.0769. The molecule has 0 aliphatic rings. The molecule has 0 bridgehead atoms. The Morgan fingerprint density at radius 3 is 2.78 bits per heavy atom. The lowest BCUT2D eigenvalue weighted by Crippen LogP contribution is -2.21. The van der Waals surface area contributed by atoms with Crippen LogP contribution in [0.25, 0.3) is 27.9 Å². The quantitative estimate of drug-likeness (QED) is 0.446. The first kappa shape index (κ1) is 21.9. The van der Waals surface area contributed by atoms with E-state index in [0.29, 0.717) is 23.6 Å². The lowest BCUT2D eigenvalue weighted by atomic mass is 10.1. The van der Waals surface area contributed by atoms with Gasteiger partial charge >= 0.3 is 0 Å². The zero-order chi connectivity index (χ0) is 22.7. The predicted octanol–water partition coefficient (Wildman–Crippen LogP) is 2.99. The van der Waals surface area contributed by atoms with Crippen molar-refractivity contribution in [3.05, 3.63) is 63.6 Å². The van der Waals surface area contributed by atoms with Crippen molar-refractivity contribution in [2.75, 3.05) is 27.2 Å². The molecule has 1 N–H and O–H groups in total. The van der Waals surface area contributed by atoms with Crippen LogP contribution in [0.4, 0.5) is 0 Å². The van der Waals surface area contributed by atoms with E-state index in [-0.39, 0.29) is 11.5 Å². The molecule has 4 heterocycles. The molecular weight excluding hydrogens is 424 g/mol. The van der Waals surface area contributed by atoms with Gasteiger partial charge in [0, 0.05) is 48.9 Å². The van der Waals surface area contributed by atoms with Gasteiger partial charge in [0.25, 0.3) is 11.5 Å². The van der Waals surface area contributed by atoms with E-state index in [1.54, 1.807) is 27.5 Å². The van der Waals surface area contributed by atoms with Crippen molar-refractivity contribution in [3.63, 3.8) is 0 Å². The molecule has 0 atom stereocenters. The molecule has 4 aromatic rings. The highest BCUT2D eigenvalue weighted by Crippen LogP contribution is 2.29. The summed E-state index contributed by atoms with van der Waals surface area (Å²) in [6.45, 7) is 4.11. The van der Waals surface area contributed by atoms with Crippen LogP contribution in [0.15, 0.2) is 53.2 Å². The molecule has 0 saturated carbocycles. The summed E-state index contributed by atoms with van der Waals surface area (Å²) in [6.07, 6.45) is 8.12. The van der Waals surface area contributed by atoms with E-state index in [1.807, 2.05) is 50.9 Å². The highest BCUT2D eigenvalue weighted by Gasteiger charge is 2.14. The molecule has 0 aromatic carbocycles. The van der Waals surface area contributed by atoms with Crippen LogP contribution in [-0.2, 0) is 6.54 Å².